The van der Waals surface area contributed by atoms with E-state index in [2.05, 4.69) is 15.2 Å². The first-order valence-electron chi connectivity index (χ1n) is 12.1. The number of benzene rings is 1. The summed E-state index contributed by atoms with van der Waals surface area (Å²) in [5.74, 6) is 0.558. The van der Waals surface area contributed by atoms with Gasteiger partial charge in [-0.2, -0.15) is 5.10 Å². The number of esters is 1. The zero-order chi connectivity index (χ0) is 24.4. The minimum atomic E-state index is -0.562. The number of rotatable bonds is 7. The summed E-state index contributed by atoms with van der Waals surface area (Å²) in [5, 5.41) is 7.17. The van der Waals surface area contributed by atoms with Crippen LogP contribution in [0.2, 0.25) is 0 Å². The van der Waals surface area contributed by atoms with Crippen molar-refractivity contribution in [3.05, 3.63) is 52.2 Å². The lowest BCUT2D eigenvalue weighted by Gasteiger charge is -2.26. The molecule has 3 aromatic rings. The molecule has 2 unspecified atom stereocenters. The summed E-state index contributed by atoms with van der Waals surface area (Å²) in [5.41, 5.74) is 1.08. The minimum Gasteiger partial charge on any atom is -0.483 e. The number of amides is 1. The molecule has 2 atom stereocenters. The molecule has 184 valence electrons. The first-order valence-corrected chi connectivity index (χ1v) is 12.1. The summed E-state index contributed by atoms with van der Waals surface area (Å²) in [7, 11) is 1.33. The highest BCUT2D eigenvalue weighted by Crippen LogP contribution is 2.43. The average Bonchev–Trinajstić information content (AvgIpc) is 3.65. The number of carbonyl (C=O) groups is 2. The van der Waals surface area contributed by atoms with Gasteiger partial charge < -0.3 is 19.4 Å². The third-order valence-electron chi connectivity index (χ3n) is 7.16. The smallest absolute Gasteiger partial charge is 0.328 e. The molecule has 1 aliphatic heterocycles. The summed E-state index contributed by atoms with van der Waals surface area (Å²) in [6, 6.07) is 7.02. The van der Waals surface area contributed by atoms with Crippen LogP contribution in [-0.4, -0.2) is 63.2 Å². The van der Waals surface area contributed by atoms with Crippen LogP contribution in [0.3, 0.4) is 0 Å². The Bertz CT molecular complexity index is 1280. The SMILES string of the molecule is COC(=O)C1CCCN1C(=O)COc1ccccc1C(c1nc2[nH]ncc2c(=O)[nH]1)C1CCCC1. The van der Waals surface area contributed by atoms with Crippen molar-refractivity contribution in [3.8, 4) is 5.75 Å². The topological polar surface area (TPSA) is 130 Å². The second-order valence-corrected chi connectivity index (χ2v) is 9.20. The molecular weight excluding hydrogens is 450 g/mol. The zero-order valence-electron chi connectivity index (χ0n) is 19.7. The minimum absolute atomic E-state index is 0.189. The molecule has 10 nitrogen and oxygen atoms in total. The number of aromatic nitrogens is 4. The molecule has 0 bridgehead atoms. The fourth-order valence-electron chi connectivity index (χ4n) is 5.46. The van der Waals surface area contributed by atoms with Crippen molar-refractivity contribution in [2.75, 3.05) is 20.3 Å². The van der Waals surface area contributed by atoms with E-state index in [1.807, 2.05) is 24.3 Å². The molecule has 2 aliphatic rings. The van der Waals surface area contributed by atoms with Crippen molar-refractivity contribution in [1.29, 1.82) is 0 Å². The molecular formula is C25H29N5O5. The van der Waals surface area contributed by atoms with Crippen molar-refractivity contribution in [2.24, 2.45) is 5.92 Å². The highest BCUT2D eigenvalue weighted by molar-refractivity contribution is 5.86. The van der Waals surface area contributed by atoms with E-state index in [1.165, 1.54) is 18.2 Å². The number of ether oxygens (including phenoxy) is 2. The van der Waals surface area contributed by atoms with Gasteiger partial charge in [-0.15, -0.1) is 0 Å². The number of methoxy groups -OCH3 is 1. The molecule has 1 aliphatic carbocycles. The quantitative estimate of drug-likeness (QED) is 0.498. The average molecular weight is 480 g/mol. The molecule has 1 saturated heterocycles. The first kappa shape index (κ1) is 23.1. The Balaban J connectivity index is 1.44. The maximum Gasteiger partial charge on any atom is 0.328 e. The molecule has 2 N–H and O–H groups in total. The van der Waals surface area contributed by atoms with Gasteiger partial charge in [0.1, 0.15) is 23.0 Å². The van der Waals surface area contributed by atoms with Crippen molar-refractivity contribution < 1.29 is 19.1 Å². The first-order chi connectivity index (χ1) is 17.1. The van der Waals surface area contributed by atoms with Gasteiger partial charge in [0.15, 0.2) is 12.3 Å². The predicted octanol–water partition coefficient (Wildman–Crippen LogP) is 2.51. The lowest BCUT2D eigenvalue weighted by molar-refractivity contribution is -0.151. The second kappa shape index (κ2) is 9.89. The van der Waals surface area contributed by atoms with E-state index < -0.39 is 12.0 Å². The van der Waals surface area contributed by atoms with Crippen LogP contribution in [0.5, 0.6) is 5.75 Å². The fourth-order valence-corrected chi connectivity index (χ4v) is 5.46. The van der Waals surface area contributed by atoms with Crippen LogP contribution in [-0.2, 0) is 14.3 Å². The lowest BCUT2D eigenvalue weighted by atomic mass is 9.83. The largest absolute Gasteiger partial charge is 0.483 e. The number of fused-ring (bicyclic) bond motifs is 1. The van der Waals surface area contributed by atoms with Crippen molar-refractivity contribution in [2.45, 2.75) is 50.5 Å². The summed E-state index contributed by atoms with van der Waals surface area (Å²) in [4.78, 5) is 46.9. The van der Waals surface area contributed by atoms with Crippen LogP contribution in [0.25, 0.3) is 11.0 Å². The van der Waals surface area contributed by atoms with Crippen LogP contribution >= 0.6 is 0 Å². The number of aromatic amines is 2. The molecule has 35 heavy (non-hydrogen) atoms. The monoisotopic (exact) mass is 479 g/mol. The summed E-state index contributed by atoms with van der Waals surface area (Å²) < 4.78 is 10.9. The van der Waals surface area contributed by atoms with E-state index in [-0.39, 0.29) is 29.9 Å². The molecule has 1 amide bonds. The van der Waals surface area contributed by atoms with Crippen molar-refractivity contribution in [1.82, 2.24) is 25.1 Å². The van der Waals surface area contributed by atoms with Crippen LogP contribution in [0.15, 0.2) is 35.3 Å². The van der Waals surface area contributed by atoms with E-state index in [9.17, 15) is 14.4 Å². The van der Waals surface area contributed by atoms with Gasteiger partial charge in [0.2, 0.25) is 0 Å². The van der Waals surface area contributed by atoms with Gasteiger partial charge in [-0.3, -0.25) is 14.7 Å². The maximum atomic E-state index is 12.9. The van der Waals surface area contributed by atoms with E-state index in [1.54, 1.807) is 0 Å². The van der Waals surface area contributed by atoms with Crippen molar-refractivity contribution >= 4 is 22.9 Å². The third-order valence-corrected chi connectivity index (χ3v) is 7.16. The number of H-pyrrole nitrogens is 2. The number of nitrogens with zero attached hydrogens (tertiary/aromatic N) is 3. The van der Waals surface area contributed by atoms with Crippen LogP contribution in [0, 0.1) is 5.92 Å². The fraction of sp³-hybridized carbons (Fsp3) is 0.480. The Kier molecular flexibility index (Phi) is 6.52. The molecule has 10 heteroatoms. The van der Waals surface area contributed by atoms with Gasteiger partial charge in [-0.05, 0) is 37.7 Å². The van der Waals surface area contributed by atoms with Crippen LogP contribution in [0.4, 0.5) is 0 Å². The summed E-state index contributed by atoms with van der Waals surface area (Å²) in [6.07, 6.45) is 7.06. The number of hydrogen-bond acceptors (Lipinski definition) is 7. The summed E-state index contributed by atoms with van der Waals surface area (Å²) in [6.45, 7) is 0.315. The number of hydrogen-bond donors (Lipinski definition) is 2. The highest BCUT2D eigenvalue weighted by atomic mass is 16.5. The molecule has 0 spiro atoms. The Labute approximate surface area is 202 Å². The van der Waals surface area contributed by atoms with Gasteiger partial charge in [0, 0.05) is 18.0 Å². The van der Waals surface area contributed by atoms with Gasteiger partial charge >= 0.3 is 5.97 Å². The Hall–Kier alpha value is -3.69. The standard InChI is InChI=1S/C25H29N5O5/c1-34-25(33)18-10-6-12-30(18)20(31)14-35-19-11-5-4-9-16(19)21(15-7-2-3-8-15)23-27-22-17(13-26-29-22)24(32)28-23/h4-5,9,11,13,15,18,21H,2-3,6-8,10,12,14H2,1H3,(H2,26,27,28,29,32). The van der Waals surface area contributed by atoms with Gasteiger partial charge in [0.05, 0.1) is 13.3 Å². The van der Waals surface area contributed by atoms with Gasteiger partial charge in [-0.1, -0.05) is 31.0 Å². The molecule has 0 radical (unpaired) electrons. The van der Waals surface area contributed by atoms with Gasteiger partial charge in [-0.25, -0.2) is 9.78 Å². The Morgan fingerprint density at radius 2 is 1.97 bits per heavy atom. The molecule has 1 aromatic carbocycles. The van der Waals surface area contributed by atoms with E-state index >= 15 is 0 Å². The molecule has 5 rings (SSSR count). The van der Waals surface area contributed by atoms with E-state index in [4.69, 9.17) is 14.5 Å². The maximum absolute atomic E-state index is 12.9. The highest BCUT2D eigenvalue weighted by Gasteiger charge is 2.36. The second-order valence-electron chi connectivity index (χ2n) is 9.20. The number of para-hydroxylation sites is 1. The number of nitrogens with one attached hydrogen (secondary N) is 2. The predicted molar refractivity (Wildman–Crippen MR) is 127 cm³/mol. The molecule has 1 saturated carbocycles. The van der Waals surface area contributed by atoms with Crippen LogP contribution in [0.1, 0.15) is 55.8 Å². The van der Waals surface area contributed by atoms with Gasteiger partial charge in [0.25, 0.3) is 11.5 Å². The number of carbonyl (C=O) groups excluding carboxylic acids is 2. The van der Waals surface area contributed by atoms with E-state index in [0.29, 0.717) is 35.6 Å². The summed E-state index contributed by atoms with van der Waals surface area (Å²) >= 11 is 0. The normalized spacial score (nSPS) is 19.2. The van der Waals surface area contributed by atoms with Crippen molar-refractivity contribution in [3.63, 3.8) is 0 Å². The molecule has 3 heterocycles. The molecule has 2 aromatic heterocycles. The van der Waals surface area contributed by atoms with E-state index in [0.717, 1.165) is 37.7 Å². The zero-order valence-corrected chi connectivity index (χ0v) is 19.7. The lowest BCUT2D eigenvalue weighted by Crippen LogP contribution is -2.43. The van der Waals surface area contributed by atoms with Crippen LogP contribution < -0.4 is 10.3 Å². The molecule has 2 fully saturated rings. The number of likely N-dealkylation sites (tertiary alicyclic amines) is 1. The Morgan fingerprint density at radius 1 is 1.17 bits per heavy atom. The third kappa shape index (κ3) is 4.52. The Morgan fingerprint density at radius 3 is 2.77 bits per heavy atom.